The molecular formula is C19H26ClNO. The molecule has 0 saturated heterocycles. The normalized spacial score (nSPS) is 26.8. The van der Waals surface area contributed by atoms with Crippen molar-refractivity contribution in [2.75, 3.05) is 0 Å². The summed E-state index contributed by atoms with van der Waals surface area (Å²) in [5.74, 6) is -0.0661. The van der Waals surface area contributed by atoms with E-state index in [1.807, 2.05) is 30.3 Å². The van der Waals surface area contributed by atoms with Crippen LogP contribution in [-0.4, -0.2) is 5.91 Å². The van der Waals surface area contributed by atoms with E-state index in [2.05, 4.69) is 26.8 Å². The van der Waals surface area contributed by atoms with Gasteiger partial charge in [0.2, 0.25) is 5.91 Å². The standard InChI is InChI=1S/C19H26ClNO/c1-4-5-7-16-18(2,3)12-6-13-19(16,17(21)22)14-8-10-15(20)11-9-14/h6,8-11,13,16H,4-5,7,12H2,1-3H3,(H2,21,22). The Morgan fingerprint density at radius 1 is 1.32 bits per heavy atom. The number of halogens is 1. The molecule has 2 N–H and O–H groups in total. The van der Waals surface area contributed by atoms with Gasteiger partial charge >= 0.3 is 0 Å². The Morgan fingerprint density at radius 2 is 1.95 bits per heavy atom. The third-order valence-corrected chi connectivity index (χ3v) is 5.35. The van der Waals surface area contributed by atoms with E-state index in [-0.39, 0.29) is 17.2 Å². The summed E-state index contributed by atoms with van der Waals surface area (Å²) in [6.45, 7) is 6.66. The van der Waals surface area contributed by atoms with Gasteiger partial charge in [0.15, 0.2) is 0 Å². The lowest BCUT2D eigenvalue weighted by molar-refractivity contribution is -0.126. The molecule has 0 saturated carbocycles. The highest BCUT2D eigenvalue weighted by molar-refractivity contribution is 6.30. The summed E-state index contributed by atoms with van der Waals surface area (Å²) in [5.41, 5.74) is 6.19. The topological polar surface area (TPSA) is 43.1 Å². The minimum atomic E-state index is -0.735. The summed E-state index contributed by atoms with van der Waals surface area (Å²) in [7, 11) is 0. The van der Waals surface area contributed by atoms with Crippen LogP contribution in [0.3, 0.4) is 0 Å². The molecule has 1 aliphatic rings. The monoisotopic (exact) mass is 319 g/mol. The molecular weight excluding hydrogens is 294 g/mol. The molecule has 1 amide bonds. The fourth-order valence-electron chi connectivity index (χ4n) is 3.87. The molecule has 0 bridgehead atoms. The van der Waals surface area contributed by atoms with E-state index in [1.165, 1.54) is 0 Å². The number of unbranched alkanes of at least 4 members (excludes halogenated alkanes) is 1. The minimum Gasteiger partial charge on any atom is -0.369 e. The Bertz CT molecular complexity index is 561. The summed E-state index contributed by atoms with van der Waals surface area (Å²) >= 11 is 6.02. The number of hydrogen-bond acceptors (Lipinski definition) is 1. The van der Waals surface area contributed by atoms with Gasteiger partial charge in [0, 0.05) is 5.02 Å². The molecule has 1 aromatic rings. The number of nitrogens with two attached hydrogens (primary N) is 1. The molecule has 2 rings (SSSR count). The van der Waals surface area contributed by atoms with Gasteiger partial charge < -0.3 is 5.73 Å². The SMILES string of the molecule is CCCCC1C(C)(C)CC=CC1(C(N)=O)c1ccc(Cl)cc1. The molecule has 3 heteroatoms. The molecule has 2 atom stereocenters. The molecule has 2 nitrogen and oxygen atoms in total. The number of carbonyl (C=O) groups is 1. The molecule has 1 aliphatic carbocycles. The third kappa shape index (κ3) is 2.94. The first-order valence-electron chi connectivity index (χ1n) is 8.08. The van der Waals surface area contributed by atoms with E-state index in [0.717, 1.165) is 31.2 Å². The lowest BCUT2D eigenvalue weighted by atomic mass is 9.54. The average molecular weight is 320 g/mol. The lowest BCUT2D eigenvalue weighted by Crippen LogP contribution is -2.52. The summed E-state index contributed by atoms with van der Waals surface area (Å²) in [6.07, 6.45) is 8.34. The second-order valence-corrected chi connectivity index (χ2v) is 7.47. The van der Waals surface area contributed by atoms with Crippen LogP contribution in [0, 0.1) is 11.3 Å². The predicted molar refractivity (Wildman–Crippen MR) is 92.9 cm³/mol. The Morgan fingerprint density at radius 3 is 2.50 bits per heavy atom. The van der Waals surface area contributed by atoms with E-state index in [9.17, 15) is 4.79 Å². The Kier molecular flexibility index (Phi) is 5.01. The van der Waals surface area contributed by atoms with Crippen LogP contribution in [0.15, 0.2) is 36.4 Å². The van der Waals surface area contributed by atoms with Crippen LogP contribution in [0.2, 0.25) is 5.02 Å². The maximum Gasteiger partial charge on any atom is 0.232 e. The van der Waals surface area contributed by atoms with Gasteiger partial charge in [-0.05, 0) is 41.9 Å². The summed E-state index contributed by atoms with van der Waals surface area (Å²) in [4.78, 5) is 12.6. The van der Waals surface area contributed by atoms with Crippen molar-refractivity contribution < 1.29 is 4.79 Å². The highest BCUT2D eigenvalue weighted by Crippen LogP contribution is 2.51. The molecule has 0 aromatic heterocycles. The van der Waals surface area contributed by atoms with Gasteiger partial charge in [0.1, 0.15) is 0 Å². The molecule has 0 spiro atoms. The van der Waals surface area contributed by atoms with Crippen LogP contribution < -0.4 is 5.73 Å². The number of carbonyl (C=O) groups excluding carboxylic acids is 1. The fourth-order valence-corrected chi connectivity index (χ4v) is 4.00. The van der Waals surface area contributed by atoms with Crippen molar-refractivity contribution >= 4 is 17.5 Å². The maximum absolute atomic E-state index is 12.6. The summed E-state index contributed by atoms with van der Waals surface area (Å²) in [6, 6.07) is 7.57. The van der Waals surface area contributed by atoms with Crippen LogP contribution in [0.5, 0.6) is 0 Å². The number of benzene rings is 1. The molecule has 0 heterocycles. The first-order valence-corrected chi connectivity index (χ1v) is 8.46. The zero-order valence-corrected chi connectivity index (χ0v) is 14.5. The van der Waals surface area contributed by atoms with E-state index in [0.29, 0.717) is 5.02 Å². The fraction of sp³-hybridized carbons (Fsp3) is 0.526. The molecule has 1 aromatic carbocycles. The number of hydrogen-bond donors (Lipinski definition) is 1. The van der Waals surface area contributed by atoms with Gasteiger partial charge in [-0.3, -0.25) is 4.79 Å². The molecule has 0 radical (unpaired) electrons. The lowest BCUT2D eigenvalue weighted by Gasteiger charge is -2.48. The zero-order valence-electron chi connectivity index (χ0n) is 13.7. The van der Waals surface area contributed by atoms with Gasteiger partial charge in [-0.1, -0.05) is 69.5 Å². The summed E-state index contributed by atoms with van der Waals surface area (Å²) < 4.78 is 0. The minimum absolute atomic E-state index is 0.0403. The molecule has 22 heavy (non-hydrogen) atoms. The highest BCUT2D eigenvalue weighted by Gasteiger charge is 2.51. The van der Waals surface area contributed by atoms with Crippen molar-refractivity contribution in [1.29, 1.82) is 0 Å². The van der Waals surface area contributed by atoms with E-state index >= 15 is 0 Å². The van der Waals surface area contributed by atoms with Crippen LogP contribution in [-0.2, 0) is 10.2 Å². The first-order chi connectivity index (χ1) is 10.3. The van der Waals surface area contributed by atoms with Gasteiger partial charge in [-0.15, -0.1) is 0 Å². The number of primary amides is 1. The van der Waals surface area contributed by atoms with Crippen molar-refractivity contribution in [1.82, 2.24) is 0 Å². The maximum atomic E-state index is 12.6. The van der Waals surface area contributed by atoms with Crippen LogP contribution in [0.1, 0.15) is 52.0 Å². The molecule has 2 unspecified atom stereocenters. The van der Waals surface area contributed by atoms with Crippen molar-refractivity contribution in [3.05, 3.63) is 47.0 Å². The second-order valence-electron chi connectivity index (χ2n) is 7.03. The highest BCUT2D eigenvalue weighted by atomic mass is 35.5. The number of allylic oxidation sites excluding steroid dienone is 1. The summed E-state index contributed by atoms with van der Waals surface area (Å²) in [5, 5.41) is 0.674. The number of rotatable bonds is 5. The van der Waals surface area contributed by atoms with Crippen molar-refractivity contribution in [3.63, 3.8) is 0 Å². The van der Waals surface area contributed by atoms with Crippen molar-refractivity contribution in [2.24, 2.45) is 17.1 Å². The van der Waals surface area contributed by atoms with Crippen LogP contribution in [0.4, 0.5) is 0 Å². The van der Waals surface area contributed by atoms with Crippen molar-refractivity contribution in [3.8, 4) is 0 Å². The third-order valence-electron chi connectivity index (χ3n) is 5.09. The molecule has 0 aliphatic heterocycles. The second kappa shape index (κ2) is 6.45. The predicted octanol–water partition coefficient (Wildman–Crippen LogP) is 4.86. The number of amides is 1. The van der Waals surface area contributed by atoms with E-state index in [4.69, 9.17) is 17.3 Å². The quantitative estimate of drug-likeness (QED) is 0.774. The van der Waals surface area contributed by atoms with E-state index in [1.54, 1.807) is 0 Å². The average Bonchev–Trinajstić information content (AvgIpc) is 2.45. The van der Waals surface area contributed by atoms with Gasteiger partial charge in [0.05, 0.1) is 5.41 Å². The Hall–Kier alpha value is -1.28. The van der Waals surface area contributed by atoms with Crippen LogP contribution >= 0.6 is 11.6 Å². The van der Waals surface area contributed by atoms with Crippen LogP contribution in [0.25, 0.3) is 0 Å². The largest absolute Gasteiger partial charge is 0.369 e. The Balaban J connectivity index is 2.58. The first kappa shape index (κ1) is 17.1. The molecule has 0 fully saturated rings. The van der Waals surface area contributed by atoms with E-state index < -0.39 is 5.41 Å². The molecule has 120 valence electrons. The van der Waals surface area contributed by atoms with Gasteiger partial charge in [-0.25, -0.2) is 0 Å². The van der Waals surface area contributed by atoms with Gasteiger partial charge in [0.25, 0.3) is 0 Å². The van der Waals surface area contributed by atoms with Crippen molar-refractivity contribution in [2.45, 2.75) is 51.9 Å². The van der Waals surface area contributed by atoms with Gasteiger partial charge in [-0.2, -0.15) is 0 Å². The smallest absolute Gasteiger partial charge is 0.232 e. The Labute approximate surface area is 138 Å². The zero-order chi connectivity index (χ0) is 16.4.